The number of thiazole rings is 1. The first-order chi connectivity index (χ1) is 8.78. The third kappa shape index (κ3) is 4.12. The highest BCUT2D eigenvalue weighted by molar-refractivity contribution is 7.99. The van der Waals surface area contributed by atoms with Crippen LogP contribution >= 0.6 is 23.1 Å². The van der Waals surface area contributed by atoms with Crippen LogP contribution in [0.25, 0.3) is 0 Å². The minimum atomic E-state index is 0.469. The minimum Gasteiger partial charge on any atom is -0.316 e. The van der Waals surface area contributed by atoms with Crippen molar-refractivity contribution in [3.05, 3.63) is 46.4 Å². The summed E-state index contributed by atoms with van der Waals surface area (Å²) >= 11 is 3.62. The van der Waals surface area contributed by atoms with Gasteiger partial charge in [0.15, 0.2) is 0 Å². The molecule has 2 aromatic rings. The van der Waals surface area contributed by atoms with Crippen molar-refractivity contribution in [3.8, 4) is 0 Å². The molecule has 1 unspecified atom stereocenters. The van der Waals surface area contributed by atoms with Crippen LogP contribution in [0.1, 0.15) is 10.7 Å². The smallest absolute Gasteiger partial charge is 0.0897 e. The number of benzene rings is 1. The van der Waals surface area contributed by atoms with Crippen LogP contribution in [0.15, 0.2) is 40.6 Å². The summed E-state index contributed by atoms with van der Waals surface area (Å²) in [5.41, 5.74) is 1.20. The first-order valence-electron chi connectivity index (χ1n) is 6.04. The molecule has 0 fully saturated rings. The topological polar surface area (TPSA) is 24.9 Å². The number of hydrogen-bond acceptors (Lipinski definition) is 4. The Morgan fingerprint density at radius 2 is 2.11 bits per heavy atom. The van der Waals surface area contributed by atoms with Crippen molar-refractivity contribution in [1.29, 1.82) is 0 Å². The highest BCUT2D eigenvalue weighted by Gasteiger charge is 2.10. The van der Waals surface area contributed by atoms with Gasteiger partial charge in [-0.25, -0.2) is 4.98 Å². The van der Waals surface area contributed by atoms with Crippen molar-refractivity contribution in [2.75, 3.05) is 12.8 Å². The molecule has 1 N–H and O–H groups in total. The van der Waals surface area contributed by atoms with Gasteiger partial charge in [-0.05, 0) is 26.1 Å². The average Bonchev–Trinajstić information content (AvgIpc) is 2.81. The molecule has 2 rings (SSSR count). The molecule has 18 heavy (non-hydrogen) atoms. The third-order valence-corrected chi connectivity index (χ3v) is 4.72. The van der Waals surface area contributed by atoms with E-state index >= 15 is 0 Å². The second-order valence-corrected chi connectivity index (χ2v) is 6.33. The lowest BCUT2D eigenvalue weighted by Gasteiger charge is -2.14. The van der Waals surface area contributed by atoms with Crippen LogP contribution in [-0.4, -0.2) is 23.8 Å². The van der Waals surface area contributed by atoms with Gasteiger partial charge in [-0.2, -0.15) is 0 Å². The maximum Gasteiger partial charge on any atom is 0.0897 e. The van der Waals surface area contributed by atoms with E-state index in [-0.39, 0.29) is 0 Å². The predicted molar refractivity (Wildman–Crippen MR) is 80.6 cm³/mol. The average molecular weight is 278 g/mol. The molecule has 1 aromatic heterocycles. The van der Waals surface area contributed by atoms with Crippen molar-refractivity contribution in [1.82, 2.24) is 10.3 Å². The highest BCUT2D eigenvalue weighted by Crippen LogP contribution is 2.19. The second-order valence-electron chi connectivity index (χ2n) is 4.17. The highest BCUT2D eigenvalue weighted by atomic mass is 32.2. The van der Waals surface area contributed by atoms with E-state index in [1.54, 1.807) is 11.3 Å². The Morgan fingerprint density at radius 3 is 2.72 bits per heavy atom. The van der Waals surface area contributed by atoms with E-state index in [4.69, 9.17) is 0 Å². The Balaban J connectivity index is 1.86. The molecule has 0 spiro atoms. The number of thioether (sulfide) groups is 1. The Labute approximate surface area is 117 Å². The number of hydrogen-bond donors (Lipinski definition) is 1. The Morgan fingerprint density at radius 1 is 1.33 bits per heavy atom. The summed E-state index contributed by atoms with van der Waals surface area (Å²) in [6.45, 7) is 2.06. The van der Waals surface area contributed by atoms with Gasteiger partial charge in [-0.15, -0.1) is 23.1 Å². The van der Waals surface area contributed by atoms with E-state index < -0.39 is 0 Å². The van der Waals surface area contributed by atoms with E-state index in [9.17, 15) is 0 Å². The van der Waals surface area contributed by atoms with Crippen LogP contribution in [0.2, 0.25) is 0 Å². The van der Waals surface area contributed by atoms with Crippen LogP contribution in [0.3, 0.4) is 0 Å². The number of aryl methyl sites for hydroxylation is 1. The summed E-state index contributed by atoms with van der Waals surface area (Å²) in [5, 5.41) is 6.68. The fourth-order valence-electron chi connectivity index (χ4n) is 1.71. The molecule has 0 radical (unpaired) electrons. The van der Waals surface area contributed by atoms with Gasteiger partial charge in [0.25, 0.3) is 0 Å². The molecule has 96 valence electrons. The van der Waals surface area contributed by atoms with Crippen LogP contribution in [0, 0.1) is 6.92 Å². The zero-order chi connectivity index (χ0) is 12.8. The minimum absolute atomic E-state index is 0.469. The molecule has 0 aliphatic heterocycles. The number of nitrogens with one attached hydrogen (secondary N) is 1. The standard InChI is InChI=1S/C14H18N2S2/c1-11-16-13(10-17-11)8-12(15-2)9-18-14-6-4-3-5-7-14/h3-7,10,12,15H,8-9H2,1-2H3. The van der Waals surface area contributed by atoms with E-state index in [1.807, 2.05) is 18.8 Å². The zero-order valence-corrected chi connectivity index (χ0v) is 12.4. The Hall–Kier alpha value is -0.840. The number of aromatic nitrogens is 1. The monoisotopic (exact) mass is 278 g/mol. The summed E-state index contributed by atoms with van der Waals surface area (Å²) in [6.07, 6.45) is 1.00. The Bertz CT molecular complexity index is 468. The van der Waals surface area contributed by atoms with Crippen molar-refractivity contribution < 1.29 is 0 Å². The third-order valence-electron chi connectivity index (χ3n) is 2.72. The van der Waals surface area contributed by atoms with Gasteiger partial charge < -0.3 is 5.32 Å². The second kappa shape index (κ2) is 6.92. The largest absolute Gasteiger partial charge is 0.316 e. The van der Waals surface area contributed by atoms with Crippen LogP contribution in [0.4, 0.5) is 0 Å². The van der Waals surface area contributed by atoms with E-state index in [1.165, 1.54) is 10.6 Å². The SMILES string of the molecule is CNC(CSc1ccccc1)Cc1csc(C)n1. The van der Waals surface area contributed by atoms with Crippen molar-refractivity contribution >= 4 is 23.1 Å². The zero-order valence-electron chi connectivity index (χ0n) is 10.7. The van der Waals surface area contributed by atoms with Gasteiger partial charge in [0.2, 0.25) is 0 Å². The van der Waals surface area contributed by atoms with E-state index in [2.05, 4.69) is 52.9 Å². The fraction of sp³-hybridized carbons (Fsp3) is 0.357. The first kappa shape index (κ1) is 13.6. The van der Waals surface area contributed by atoms with Crippen molar-refractivity contribution in [2.45, 2.75) is 24.3 Å². The molecule has 0 bridgehead atoms. The van der Waals surface area contributed by atoms with Gasteiger partial charge in [-0.3, -0.25) is 0 Å². The lowest BCUT2D eigenvalue weighted by atomic mass is 10.2. The van der Waals surface area contributed by atoms with Gasteiger partial charge >= 0.3 is 0 Å². The molecule has 0 saturated carbocycles. The molecule has 4 heteroatoms. The summed E-state index contributed by atoms with van der Waals surface area (Å²) in [6, 6.07) is 11.0. The quantitative estimate of drug-likeness (QED) is 0.820. The molecular weight excluding hydrogens is 260 g/mol. The number of nitrogens with zero attached hydrogens (tertiary/aromatic N) is 1. The molecule has 0 amide bonds. The van der Waals surface area contributed by atoms with Crippen molar-refractivity contribution in [3.63, 3.8) is 0 Å². The summed E-state index contributed by atoms with van der Waals surface area (Å²) in [4.78, 5) is 5.85. The number of rotatable bonds is 6. The summed E-state index contributed by atoms with van der Waals surface area (Å²) < 4.78 is 0. The van der Waals surface area contributed by atoms with Gasteiger partial charge in [-0.1, -0.05) is 18.2 Å². The normalized spacial score (nSPS) is 12.6. The molecule has 2 nitrogen and oxygen atoms in total. The lowest BCUT2D eigenvalue weighted by Crippen LogP contribution is -2.30. The van der Waals surface area contributed by atoms with E-state index in [0.717, 1.165) is 17.2 Å². The lowest BCUT2D eigenvalue weighted by molar-refractivity contribution is 0.610. The van der Waals surface area contributed by atoms with Crippen LogP contribution in [-0.2, 0) is 6.42 Å². The molecule has 1 atom stereocenters. The molecular formula is C14H18N2S2. The molecule has 0 aliphatic carbocycles. The summed E-state index contributed by atoms with van der Waals surface area (Å²) in [7, 11) is 2.02. The first-order valence-corrected chi connectivity index (χ1v) is 7.90. The molecule has 1 aromatic carbocycles. The van der Waals surface area contributed by atoms with Crippen LogP contribution in [0.5, 0.6) is 0 Å². The van der Waals surface area contributed by atoms with Gasteiger partial charge in [0, 0.05) is 28.5 Å². The summed E-state index contributed by atoms with van der Waals surface area (Å²) in [5.74, 6) is 1.07. The predicted octanol–water partition coefficient (Wildman–Crippen LogP) is 3.37. The van der Waals surface area contributed by atoms with Crippen molar-refractivity contribution in [2.24, 2.45) is 0 Å². The molecule has 0 aliphatic rings. The Kier molecular flexibility index (Phi) is 5.23. The maximum atomic E-state index is 4.52. The number of likely N-dealkylation sites (N-methyl/N-ethyl adjacent to an activating group) is 1. The molecule has 1 heterocycles. The maximum absolute atomic E-state index is 4.52. The molecule has 0 saturated heterocycles. The van der Waals surface area contributed by atoms with E-state index in [0.29, 0.717) is 6.04 Å². The van der Waals surface area contributed by atoms with Crippen LogP contribution < -0.4 is 5.32 Å². The van der Waals surface area contributed by atoms with Gasteiger partial charge in [0.1, 0.15) is 0 Å². The fourth-order valence-corrected chi connectivity index (χ4v) is 3.37. The van der Waals surface area contributed by atoms with Gasteiger partial charge in [0.05, 0.1) is 10.7 Å².